The number of anilines is 2. The van der Waals surface area contributed by atoms with Crippen molar-refractivity contribution >= 4 is 23.5 Å². The highest BCUT2D eigenvalue weighted by molar-refractivity contribution is 6.03. The third-order valence-corrected chi connectivity index (χ3v) is 4.85. The molecule has 3 heterocycles. The maximum Gasteiger partial charge on any atom is 0.322 e. The number of benzene rings is 1. The number of rotatable bonds is 7. The van der Waals surface area contributed by atoms with Crippen molar-refractivity contribution in [3.8, 4) is 23.0 Å². The van der Waals surface area contributed by atoms with Gasteiger partial charge in [-0.1, -0.05) is 18.7 Å². The minimum Gasteiger partial charge on any atom is -0.424 e. The first-order valence-electron chi connectivity index (χ1n) is 10.2. The molecule has 0 atom stereocenters. The SMILES string of the molecule is C=Cc1ccc(C(=O)Nc2ccc(C)c(Oc3nccc(-c4cccnc4)n3)c2)nc1NC.[HH].[HH]. The van der Waals surface area contributed by atoms with Crippen LogP contribution >= 0.6 is 0 Å². The molecule has 8 heteroatoms. The molecule has 1 amide bonds. The molecule has 4 aromatic rings. The quantitative estimate of drug-likeness (QED) is 0.392. The van der Waals surface area contributed by atoms with Gasteiger partial charge in [-0.25, -0.2) is 9.97 Å². The Hall–Kier alpha value is -4.59. The number of nitrogens with zero attached hydrogens (tertiary/aromatic N) is 4. The smallest absolute Gasteiger partial charge is 0.322 e. The van der Waals surface area contributed by atoms with Crippen molar-refractivity contribution in [3.05, 3.63) is 90.5 Å². The highest BCUT2D eigenvalue weighted by Gasteiger charge is 2.13. The van der Waals surface area contributed by atoms with E-state index in [9.17, 15) is 4.79 Å². The molecule has 0 saturated carbocycles. The molecule has 0 spiro atoms. The minimum absolute atomic E-state index is 0. The molecule has 2 N–H and O–H groups in total. The molecule has 0 aliphatic heterocycles. The lowest BCUT2D eigenvalue weighted by molar-refractivity contribution is 0.102. The Morgan fingerprint density at radius 2 is 2.00 bits per heavy atom. The number of pyridine rings is 2. The van der Waals surface area contributed by atoms with E-state index in [2.05, 4.69) is 37.1 Å². The minimum atomic E-state index is -0.341. The summed E-state index contributed by atoms with van der Waals surface area (Å²) in [6, 6.07) is 14.6. The summed E-state index contributed by atoms with van der Waals surface area (Å²) in [5, 5.41) is 5.82. The highest BCUT2D eigenvalue weighted by atomic mass is 16.5. The third-order valence-electron chi connectivity index (χ3n) is 4.85. The van der Waals surface area contributed by atoms with Gasteiger partial charge < -0.3 is 15.4 Å². The summed E-state index contributed by atoms with van der Waals surface area (Å²) in [7, 11) is 1.74. The van der Waals surface area contributed by atoms with E-state index in [4.69, 9.17) is 4.74 Å². The Kier molecular flexibility index (Phi) is 6.36. The number of hydrogen-bond acceptors (Lipinski definition) is 7. The maximum absolute atomic E-state index is 12.7. The number of nitrogens with one attached hydrogen (secondary N) is 2. The second-order valence-corrected chi connectivity index (χ2v) is 7.09. The van der Waals surface area contributed by atoms with E-state index in [-0.39, 0.29) is 20.5 Å². The molecule has 8 nitrogen and oxygen atoms in total. The third kappa shape index (κ3) is 5.01. The van der Waals surface area contributed by atoms with Gasteiger partial charge in [0.05, 0.1) is 5.69 Å². The van der Waals surface area contributed by atoms with Crippen LogP contribution in [0.15, 0.2) is 73.7 Å². The van der Waals surface area contributed by atoms with E-state index in [0.29, 0.717) is 22.9 Å². The number of carbonyl (C=O) groups excluding carboxylic acids is 1. The first kappa shape index (κ1) is 21.6. The molecular formula is C25H26N6O2. The summed E-state index contributed by atoms with van der Waals surface area (Å²) in [6.07, 6.45) is 6.73. The van der Waals surface area contributed by atoms with Crippen molar-refractivity contribution in [1.82, 2.24) is 19.9 Å². The zero-order valence-electron chi connectivity index (χ0n) is 18.2. The molecule has 0 aliphatic carbocycles. The number of amides is 1. The molecule has 0 unspecified atom stereocenters. The van der Waals surface area contributed by atoms with Crippen molar-refractivity contribution in [1.29, 1.82) is 0 Å². The molecule has 168 valence electrons. The van der Waals surface area contributed by atoms with E-state index in [1.54, 1.807) is 62.0 Å². The molecule has 4 rings (SSSR count). The predicted octanol–water partition coefficient (Wildman–Crippen LogP) is 5.46. The fraction of sp³-hybridized carbons (Fsp3) is 0.0800. The fourth-order valence-corrected chi connectivity index (χ4v) is 3.11. The zero-order chi connectivity index (χ0) is 23.2. The Labute approximate surface area is 194 Å². The van der Waals surface area contributed by atoms with E-state index in [0.717, 1.165) is 16.7 Å². The number of ether oxygens (including phenoxy) is 1. The van der Waals surface area contributed by atoms with Crippen molar-refractivity contribution < 1.29 is 12.4 Å². The monoisotopic (exact) mass is 442 g/mol. The van der Waals surface area contributed by atoms with Crippen molar-refractivity contribution in [2.45, 2.75) is 6.92 Å². The van der Waals surface area contributed by atoms with Gasteiger partial charge in [0, 0.05) is 51.4 Å². The van der Waals surface area contributed by atoms with Crippen LogP contribution in [0.1, 0.15) is 24.5 Å². The second-order valence-electron chi connectivity index (χ2n) is 7.09. The van der Waals surface area contributed by atoms with Crippen LogP contribution < -0.4 is 15.4 Å². The van der Waals surface area contributed by atoms with E-state index in [1.807, 2.05) is 25.1 Å². The van der Waals surface area contributed by atoms with Crippen LogP contribution in [0.25, 0.3) is 17.3 Å². The van der Waals surface area contributed by atoms with Crippen LogP contribution in [0.4, 0.5) is 11.5 Å². The lowest BCUT2D eigenvalue weighted by atomic mass is 10.2. The van der Waals surface area contributed by atoms with Gasteiger partial charge >= 0.3 is 6.01 Å². The Bertz CT molecular complexity index is 1320. The lowest BCUT2D eigenvalue weighted by Crippen LogP contribution is -2.14. The van der Waals surface area contributed by atoms with Crippen LogP contribution in [0.5, 0.6) is 11.8 Å². The number of carbonyl (C=O) groups is 1. The summed E-state index contributed by atoms with van der Waals surface area (Å²) < 4.78 is 5.94. The predicted molar refractivity (Wildman–Crippen MR) is 133 cm³/mol. The molecule has 3 aromatic heterocycles. The maximum atomic E-state index is 12.7. The molecule has 0 aliphatic rings. The second kappa shape index (κ2) is 9.69. The van der Waals surface area contributed by atoms with Crippen molar-refractivity contribution in [3.63, 3.8) is 0 Å². The van der Waals surface area contributed by atoms with Gasteiger partial charge in [0.1, 0.15) is 17.3 Å². The summed E-state index contributed by atoms with van der Waals surface area (Å²) in [6.45, 7) is 5.65. The van der Waals surface area contributed by atoms with Crippen LogP contribution in [-0.2, 0) is 0 Å². The summed E-state index contributed by atoms with van der Waals surface area (Å²) >= 11 is 0. The van der Waals surface area contributed by atoms with Gasteiger partial charge in [-0.15, -0.1) is 0 Å². The molecule has 0 radical (unpaired) electrons. The van der Waals surface area contributed by atoms with E-state index < -0.39 is 0 Å². The van der Waals surface area contributed by atoms with Crippen LogP contribution in [0, 0.1) is 6.92 Å². The molecule has 1 aromatic carbocycles. The molecule has 0 fully saturated rings. The van der Waals surface area contributed by atoms with Crippen LogP contribution in [-0.4, -0.2) is 32.9 Å². The van der Waals surface area contributed by atoms with Gasteiger partial charge in [0.25, 0.3) is 5.91 Å². The lowest BCUT2D eigenvalue weighted by Gasteiger charge is -2.12. The molecular weight excluding hydrogens is 416 g/mol. The zero-order valence-corrected chi connectivity index (χ0v) is 18.2. The van der Waals surface area contributed by atoms with Crippen molar-refractivity contribution in [2.75, 3.05) is 17.7 Å². The van der Waals surface area contributed by atoms with Crippen LogP contribution in [0.2, 0.25) is 0 Å². The first-order chi connectivity index (χ1) is 16.1. The average molecular weight is 443 g/mol. The normalized spacial score (nSPS) is 10.4. The Morgan fingerprint density at radius 3 is 2.76 bits per heavy atom. The van der Waals surface area contributed by atoms with Crippen molar-refractivity contribution in [2.24, 2.45) is 0 Å². The topological polar surface area (TPSA) is 102 Å². The highest BCUT2D eigenvalue weighted by Crippen LogP contribution is 2.28. The number of aryl methyl sites for hydroxylation is 1. The van der Waals surface area contributed by atoms with E-state index in [1.165, 1.54) is 0 Å². The first-order valence-corrected chi connectivity index (χ1v) is 10.2. The van der Waals surface area contributed by atoms with Crippen LogP contribution in [0.3, 0.4) is 0 Å². The Morgan fingerprint density at radius 1 is 1.12 bits per heavy atom. The average Bonchev–Trinajstić information content (AvgIpc) is 2.86. The largest absolute Gasteiger partial charge is 0.424 e. The summed E-state index contributed by atoms with van der Waals surface area (Å²) in [4.78, 5) is 29.9. The van der Waals surface area contributed by atoms with Gasteiger partial charge in [0.15, 0.2) is 0 Å². The van der Waals surface area contributed by atoms with Gasteiger partial charge in [-0.05, 0) is 48.9 Å². The van der Waals surface area contributed by atoms with Gasteiger partial charge in [-0.3, -0.25) is 9.78 Å². The van der Waals surface area contributed by atoms with Gasteiger partial charge in [-0.2, -0.15) is 4.98 Å². The summed E-state index contributed by atoms with van der Waals surface area (Å²) in [5.41, 5.74) is 4.08. The molecule has 0 bridgehead atoms. The van der Waals surface area contributed by atoms with Gasteiger partial charge in [0.2, 0.25) is 0 Å². The number of aromatic nitrogens is 4. The Balaban J connectivity index is 0.00000216. The molecule has 0 saturated heterocycles. The molecule has 33 heavy (non-hydrogen) atoms. The summed E-state index contributed by atoms with van der Waals surface area (Å²) in [5.74, 6) is 0.769. The fourth-order valence-electron chi connectivity index (χ4n) is 3.11. The standard InChI is InChI=1S/C25H22N6O2.2H2/c1-4-17-8-10-21(30-23(17)26-3)24(32)29-19-9-7-16(2)22(14-19)33-25-28-13-11-20(31-25)18-6-5-12-27-15-18;;/h4-15H,1H2,2-3H3,(H,26,30)(H,29,32);2*1H. The number of hydrogen-bond donors (Lipinski definition) is 2. The van der Waals surface area contributed by atoms with E-state index >= 15 is 0 Å².